The van der Waals surface area contributed by atoms with Gasteiger partial charge in [-0.3, -0.25) is 0 Å². The van der Waals surface area contributed by atoms with E-state index < -0.39 is 5.41 Å². The average molecular weight is 394 g/mol. The molecule has 0 radical (unpaired) electrons. The summed E-state index contributed by atoms with van der Waals surface area (Å²) in [6.45, 7) is 0. The Labute approximate surface area is 174 Å². The third-order valence-corrected chi connectivity index (χ3v) is 6.12. The highest BCUT2D eigenvalue weighted by molar-refractivity contribution is 5.87. The third kappa shape index (κ3) is 2.77. The molecule has 0 spiro atoms. The number of rotatable bonds is 2. The molecule has 4 aromatic carbocycles. The molecule has 0 bridgehead atoms. The predicted molar refractivity (Wildman–Crippen MR) is 123 cm³/mol. The molecule has 0 amide bonds. The summed E-state index contributed by atoms with van der Waals surface area (Å²) in [6, 6.07) is 23.4. The SMILES string of the molecule is Nc1ccc(C2(c3ccc(N)c(O)c3)C=Cc3cc4ccccc4cc3C2)cc1O. The van der Waals surface area contributed by atoms with E-state index in [9.17, 15) is 10.2 Å². The number of benzene rings is 4. The molecule has 0 aliphatic heterocycles. The topological polar surface area (TPSA) is 92.5 Å². The van der Waals surface area contributed by atoms with Gasteiger partial charge >= 0.3 is 0 Å². The lowest BCUT2D eigenvalue weighted by molar-refractivity contribution is 0.473. The molecule has 148 valence electrons. The van der Waals surface area contributed by atoms with Crippen LogP contribution >= 0.6 is 0 Å². The van der Waals surface area contributed by atoms with Gasteiger partial charge in [-0.1, -0.05) is 54.6 Å². The zero-order valence-corrected chi connectivity index (χ0v) is 16.3. The van der Waals surface area contributed by atoms with Gasteiger partial charge in [0.25, 0.3) is 0 Å². The molecule has 1 aliphatic carbocycles. The number of aromatic hydroxyl groups is 2. The molecular weight excluding hydrogens is 372 g/mol. The summed E-state index contributed by atoms with van der Waals surface area (Å²) in [5.74, 6) is 0.0912. The van der Waals surface area contributed by atoms with Gasteiger partial charge in [0.1, 0.15) is 11.5 Å². The second-order valence-electron chi connectivity index (χ2n) is 7.93. The fraction of sp³-hybridized carbons (Fsp3) is 0.0769. The Kier molecular flexibility index (Phi) is 3.97. The van der Waals surface area contributed by atoms with Crippen molar-refractivity contribution in [3.63, 3.8) is 0 Å². The highest BCUT2D eigenvalue weighted by Gasteiger charge is 2.36. The molecule has 5 rings (SSSR count). The van der Waals surface area contributed by atoms with Crippen molar-refractivity contribution in [2.75, 3.05) is 11.5 Å². The second-order valence-corrected chi connectivity index (χ2v) is 7.93. The van der Waals surface area contributed by atoms with E-state index in [0.717, 1.165) is 11.1 Å². The lowest BCUT2D eigenvalue weighted by atomic mass is 9.67. The summed E-state index contributed by atoms with van der Waals surface area (Å²) >= 11 is 0. The summed E-state index contributed by atoms with van der Waals surface area (Å²) in [5.41, 5.74) is 16.0. The minimum atomic E-state index is -0.578. The van der Waals surface area contributed by atoms with Crippen LogP contribution in [0.2, 0.25) is 0 Å². The highest BCUT2D eigenvalue weighted by Crippen LogP contribution is 2.45. The lowest BCUT2D eigenvalue weighted by Crippen LogP contribution is -2.30. The number of phenols is 2. The Bertz CT molecular complexity index is 1270. The number of phenolic OH excluding ortho intramolecular Hbond substituents is 2. The van der Waals surface area contributed by atoms with Crippen molar-refractivity contribution in [2.24, 2.45) is 0 Å². The molecule has 30 heavy (non-hydrogen) atoms. The van der Waals surface area contributed by atoms with Crippen molar-refractivity contribution in [3.05, 3.63) is 101 Å². The van der Waals surface area contributed by atoms with Crippen LogP contribution in [0.5, 0.6) is 11.5 Å². The zero-order chi connectivity index (χ0) is 20.9. The van der Waals surface area contributed by atoms with Crippen LogP contribution in [-0.2, 0) is 11.8 Å². The smallest absolute Gasteiger partial charge is 0.138 e. The van der Waals surface area contributed by atoms with E-state index in [4.69, 9.17) is 11.5 Å². The van der Waals surface area contributed by atoms with Crippen LogP contribution in [0.4, 0.5) is 11.4 Å². The number of nitrogen functional groups attached to an aromatic ring is 2. The van der Waals surface area contributed by atoms with E-state index in [2.05, 4.69) is 36.4 Å². The molecule has 0 saturated carbocycles. The molecule has 0 atom stereocenters. The first-order valence-electron chi connectivity index (χ1n) is 9.85. The maximum absolute atomic E-state index is 10.3. The maximum atomic E-state index is 10.3. The largest absolute Gasteiger partial charge is 0.506 e. The molecule has 0 aromatic heterocycles. The summed E-state index contributed by atoms with van der Waals surface area (Å²) in [4.78, 5) is 0. The van der Waals surface area contributed by atoms with Crippen molar-refractivity contribution >= 4 is 28.2 Å². The minimum Gasteiger partial charge on any atom is -0.506 e. The summed E-state index contributed by atoms with van der Waals surface area (Å²) in [6.07, 6.45) is 4.93. The molecule has 4 heteroatoms. The van der Waals surface area contributed by atoms with Gasteiger partial charge in [-0.2, -0.15) is 0 Å². The van der Waals surface area contributed by atoms with Gasteiger partial charge in [-0.05, 0) is 69.8 Å². The van der Waals surface area contributed by atoms with Gasteiger partial charge in [0.2, 0.25) is 0 Å². The number of anilines is 2. The Hall–Kier alpha value is -3.92. The molecule has 4 nitrogen and oxygen atoms in total. The van der Waals surface area contributed by atoms with E-state index in [0.29, 0.717) is 17.8 Å². The quantitative estimate of drug-likeness (QED) is 0.285. The zero-order valence-electron chi connectivity index (χ0n) is 16.3. The lowest BCUT2D eigenvalue weighted by Gasteiger charge is -2.36. The van der Waals surface area contributed by atoms with Gasteiger partial charge in [0, 0.05) is 5.41 Å². The molecule has 0 saturated heterocycles. The van der Waals surface area contributed by atoms with E-state index in [1.165, 1.54) is 21.9 Å². The molecule has 0 heterocycles. The normalized spacial score (nSPS) is 14.5. The Morgan fingerprint density at radius 2 is 1.27 bits per heavy atom. The van der Waals surface area contributed by atoms with E-state index in [1.54, 1.807) is 24.3 Å². The van der Waals surface area contributed by atoms with Crippen molar-refractivity contribution in [1.29, 1.82) is 0 Å². The number of fused-ring (bicyclic) bond motifs is 2. The van der Waals surface area contributed by atoms with Crippen molar-refractivity contribution < 1.29 is 10.2 Å². The van der Waals surface area contributed by atoms with Crippen molar-refractivity contribution in [3.8, 4) is 11.5 Å². The molecule has 6 N–H and O–H groups in total. The molecular formula is C26H22N2O2. The van der Waals surface area contributed by atoms with E-state index in [1.807, 2.05) is 24.3 Å². The van der Waals surface area contributed by atoms with Crippen molar-refractivity contribution in [2.45, 2.75) is 11.8 Å². The van der Waals surface area contributed by atoms with Gasteiger partial charge in [0.15, 0.2) is 0 Å². The van der Waals surface area contributed by atoms with Crippen LogP contribution in [0.15, 0.2) is 78.9 Å². The molecule has 0 fully saturated rings. The molecule has 1 aliphatic rings. The first-order valence-corrected chi connectivity index (χ1v) is 9.85. The summed E-state index contributed by atoms with van der Waals surface area (Å²) in [5, 5.41) is 23.0. The Balaban J connectivity index is 1.75. The van der Waals surface area contributed by atoms with Gasteiger partial charge in [-0.25, -0.2) is 0 Å². The average Bonchev–Trinajstić information content (AvgIpc) is 2.75. The second kappa shape index (κ2) is 6.56. The summed E-state index contributed by atoms with van der Waals surface area (Å²) < 4.78 is 0. The van der Waals surface area contributed by atoms with Gasteiger partial charge < -0.3 is 21.7 Å². The number of hydrogen-bond acceptors (Lipinski definition) is 4. The first-order chi connectivity index (χ1) is 14.5. The monoisotopic (exact) mass is 394 g/mol. The van der Waals surface area contributed by atoms with Gasteiger partial charge in [0.05, 0.1) is 11.4 Å². The number of hydrogen-bond donors (Lipinski definition) is 4. The minimum absolute atomic E-state index is 0.0456. The van der Waals surface area contributed by atoms with Crippen LogP contribution in [0.3, 0.4) is 0 Å². The number of nitrogens with two attached hydrogens (primary N) is 2. The van der Waals surface area contributed by atoms with Crippen LogP contribution in [-0.4, -0.2) is 10.2 Å². The Morgan fingerprint density at radius 3 is 1.83 bits per heavy atom. The Morgan fingerprint density at radius 1 is 0.700 bits per heavy atom. The van der Waals surface area contributed by atoms with Crippen LogP contribution < -0.4 is 11.5 Å². The standard InChI is InChI=1S/C26H22N2O2/c27-22-7-5-20(13-24(22)29)26(21-6-8-23(28)25(30)14-21)10-9-18-11-16-3-1-2-4-17(16)12-19(18)15-26/h1-14,29-30H,15,27-28H2. The predicted octanol–water partition coefficient (Wildman–Crippen LogP) is 4.97. The van der Waals surface area contributed by atoms with Crippen LogP contribution in [0.1, 0.15) is 22.3 Å². The van der Waals surface area contributed by atoms with Gasteiger partial charge in [-0.15, -0.1) is 0 Å². The van der Waals surface area contributed by atoms with Crippen LogP contribution in [0, 0.1) is 0 Å². The van der Waals surface area contributed by atoms with Crippen molar-refractivity contribution in [1.82, 2.24) is 0 Å². The maximum Gasteiger partial charge on any atom is 0.138 e. The molecule has 4 aromatic rings. The van der Waals surface area contributed by atoms with E-state index in [-0.39, 0.29) is 11.5 Å². The number of allylic oxidation sites excluding steroid dienone is 1. The first kappa shape index (κ1) is 18.1. The molecule has 0 unspecified atom stereocenters. The highest BCUT2D eigenvalue weighted by atomic mass is 16.3. The third-order valence-electron chi connectivity index (χ3n) is 6.12. The fourth-order valence-electron chi connectivity index (χ4n) is 4.41. The summed E-state index contributed by atoms with van der Waals surface area (Å²) in [7, 11) is 0. The fourth-order valence-corrected chi connectivity index (χ4v) is 4.41. The van der Waals surface area contributed by atoms with E-state index >= 15 is 0 Å². The van der Waals surface area contributed by atoms with Crippen LogP contribution in [0.25, 0.3) is 16.8 Å².